The number of carbonyl (C=O) groups excluding carboxylic acids is 1. The lowest BCUT2D eigenvalue weighted by atomic mass is 9.99. The second kappa shape index (κ2) is 8.31. The molecule has 0 N–H and O–H groups in total. The summed E-state index contributed by atoms with van der Waals surface area (Å²) in [7, 11) is 3.08. The predicted octanol–water partition coefficient (Wildman–Crippen LogP) is 4.40. The summed E-state index contributed by atoms with van der Waals surface area (Å²) < 4.78 is 21.6. The SMILES string of the molecule is COc1ccc(-c2c(C)c3ccc(OC(=O)c4ccncc4)cc3oc2=O)cc1OC. The normalized spacial score (nSPS) is 10.7. The average molecular weight is 417 g/mol. The maximum absolute atomic E-state index is 12.8. The zero-order valence-corrected chi connectivity index (χ0v) is 17.2. The van der Waals surface area contributed by atoms with Crippen LogP contribution in [-0.4, -0.2) is 25.2 Å². The van der Waals surface area contributed by atoms with Crippen molar-refractivity contribution in [2.24, 2.45) is 0 Å². The molecule has 2 heterocycles. The molecule has 0 radical (unpaired) electrons. The third kappa shape index (κ3) is 3.85. The number of ether oxygens (including phenoxy) is 3. The topological polar surface area (TPSA) is 87.9 Å². The van der Waals surface area contributed by atoms with E-state index in [0.29, 0.717) is 33.8 Å². The van der Waals surface area contributed by atoms with E-state index in [1.165, 1.54) is 25.6 Å². The van der Waals surface area contributed by atoms with E-state index in [2.05, 4.69) is 4.98 Å². The molecule has 0 aliphatic heterocycles. The molecule has 0 bridgehead atoms. The first-order valence-corrected chi connectivity index (χ1v) is 9.44. The van der Waals surface area contributed by atoms with Crippen molar-refractivity contribution in [3.8, 4) is 28.4 Å². The van der Waals surface area contributed by atoms with Crippen LogP contribution in [0.3, 0.4) is 0 Å². The Morgan fingerprint density at radius 1 is 0.935 bits per heavy atom. The van der Waals surface area contributed by atoms with Crippen LogP contribution in [0.1, 0.15) is 15.9 Å². The van der Waals surface area contributed by atoms with Crippen LogP contribution in [0.4, 0.5) is 0 Å². The Labute approximate surface area is 177 Å². The summed E-state index contributed by atoms with van der Waals surface area (Å²) in [5, 5.41) is 0.730. The molecule has 2 aromatic heterocycles. The number of benzene rings is 2. The summed E-state index contributed by atoms with van der Waals surface area (Å²) in [5.41, 5.74) is 2.01. The maximum atomic E-state index is 12.8. The number of aryl methyl sites for hydroxylation is 1. The van der Waals surface area contributed by atoms with Crippen molar-refractivity contribution in [2.45, 2.75) is 6.92 Å². The van der Waals surface area contributed by atoms with Gasteiger partial charge in [0, 0.05) is 23.8 Å². The van der Waals surface area contributed by atoms with E-state index < -0.39 is 11.6 Å². The van der Waals surface area contributed by atoms with Gasteiger partial charge in [-0.15, -0.1) is 0 Å². The number of carbonyl (C=O) groups is 1. The van der Waals surface area contributed by atoms with Gasteiger partial charge in [-0.25, -0.2) is 9.59 Å². The summed E-state index contributed by atoms with van der Waals surface area (Å²) in [4.78, 5) is 29.0. The largest absolute Gasteiger partial charge is 0.493 e. The molecule has 7 heteroatoms. The summed E-state index contributed by atoms with van der Waals surface area (Å²) in [6.07, 6.45) is 3.02. The highest BCUT2D eigenvalue weighted by atomic mass is 16.5. The first-order chi connectivity index (χ1) is 15.0. The molecular formula is C24H19NO6. The van der Waals surface area contributed by atoms with Crippen LogP contribution >= 0.6 is 0 Å². The fourth-order valence-electron chi connectivity index (χ4n) is 3.38. The van der Waals surface area contributed by atoms with Gasteiger partial charge < -0.3 is 18.6 Å². The number of nitrogens with zero attached hydrogens (tertiary/aromatic N) is 1. The summed E-state index contributed by atoms with van der Waals surface area (Å²) in [6, 6.07) is 13.3. The van der Waals surface area contributed by atoms with Gasteiger partial charge in [0.15, 0.2) is 11.5 Å². The molecule has 156 valence electrons. The lowest BCUT2D eigenvalue weighted by Crippen LogP contribution is -2.09. The minimum absolute atomic E-state index is 0.274. The number of rotatable bonds is 5. The van der Waals surface area contributed by atoms with Crippen molar-refractivity contribution in [1.82, 2.24) is 4.98 Å². The molecule has 0 atom stereocenters. The minimum Gasteiger partial charge on any atom is -0.493 e. The Morgan fingerprint density at radius 3 is 2.39 bits per heavy atom. The van der Waals surface area contributed by atoms with E-state index in [1.54, 1.807) is 49.6 Å². The van der Waals surface area contributed by atoms with Crippen molar-refractivity contribution in [3.05, 3.63) is 82.5 Å². The van der Waals surface area contributed by atoms with Gasteiger partial charge in [0.05, 0.1) is 25.3 Å². The van der Waals surface area contributed by atoms with Crippen molar-refractivity contribution in [3.63, 3.8) is 0 Å². The Bertz CT molecular complexity index is 1330. The van der Waals surface area contributed by atoms with Crippen molar-refractivity contribution in [2.75, 3.05) is 14.2 Å². The van der Waals surface area contributed by atoms with E-state index in [0.717, 1.165) is 10.9 Å². The fourth-order valence-corrected chi connectivity index (χ4v) is 3.38. The molecular weight excluding hydrogens is 398 g/mol. The van der Waals surface area contributed by atoms with Gasteiger partial charge in [-0.3, -0.25) is 4.98 Å². The van der Waals surface area contributed by atoms with Gasteiger partial charge >= 0.3 is 11.6 Å². The highest BCUT2D eigenvalue weighted by molar-refractivity contribution is 5.92. The quantitative estimate of drug-likeness (QED) is 0.270. The summed E-state index contributed by atoms with van der Waals surface area (Å²) >= 11 is 0. The van der Waals surface area contributed by atoms with Crippen molar-refractivity contribution < 1.29 is 23.4 Å². The molecule has 2 aromatic carbocycles. The predicted molar refractivity (Wildman–Crippen MR) is 115 cm³/mol. The van der Waals surface area contributed by atoms with Gasteiger partial charge in [0.2, 0.25) is 0 Å². The number of methoxy groups -OCH3 is 2. The Hall–Kier alpha value is -4.13. The fraction of sp³-hybridized carbons (Fsp3) is 0.125. The Balaban J connectivity index is 1.74. The smallest absolute Gasteiger partial charge is 0.344 e. The molecule has 0 unspecified atom stereocenters. The molecule has 4 rings (SSSR count). The van der Waals surface area contributed by atoms with Crippen molar-refractivity contribution in [1.29, 1.82) is 0 Å². The highest BCUT2D eigenvalue weighted by Crippen LogP contribution is 2.34. The van der Waals surface area contributed by atoms with Crippen LogP contribution < -0.4 is 19.8 Å². The van der Waals surface area contributed by atoms with Crippen LogP contribution in [0.15, 0.2) is 70.1 Å². The van der Waals surface area contributed by atoms with Crippen LogP contribution in [0, 0.1) is 6.92 Å². The minimum atomic E-state index is -0.525. The van der Waals surface area contributed by atoms with Crippen LogP contribution in [-0.2, 0) is 0 Å². The lowest BCUT2D eigenvalue weighted by Gasteiger charge is -2.12. The van der Waals surface area contributed by atoms with Crippen LogP contribution in [0.25, 0.3) is 22.1 Å². The molecule has 4 aromatic rings. The van der Waals surface area contributed by atoms with Gasteiger partial charge in [-0.2, -0.15) is 0 Å². The molecule has 7 nitrogen and oxygen atoms in total. The molecule has 0 spiro atoms. The van der Waals surface area contributed by atoms with Crippen LogP contribution in [0.2, 0.25) is 0 Å². The number of hydrogen-bond acceptors (Lipinski definition) is 7. The van der Waals surface area contributed by atoms with Gasteiger partial charge in [-0.1, -0.05) is 6.07 Å². The zero-order valence-electron chi connectivity index (χ0n) is 17.2. The number of fused-ring (bicyclic) bond motifs is 1. The molecule has 31 heavy (non-hydrogen) atoms. The van der Waals surface area contributed by atoms with Crippen molar-refractivity contribution >= 4 is 16.9 Å². The third-order valence-corrected chi connectivity index (χ3v) is 4.94. The van der Waals surface area contributed by atoms with Gasteiger partial charge in [-0.05, 0) is 54.4 Å². The van der Waals surface area contributed by atoms with E-state index in [1.807, 2.05) is 6.92 Å². The standard InChI is InChI=1S/C24H19NO6/c1-14-18-6-5-17(30-23(26)15-8-10-25-11-9-15)13-20(18)31-24(27)22(14)16-4-7-19(28-2)21(12-16)29-3/h4-13H,1-3H3. The number of hydrogen-bond donors (Lipinski definition) is 0. The Kier molecular flexibility index (Phi) is 5.41. The Morgan fingerprint density at radius 2 is 1.68 bits per heavy atom. The molecule has 0 amide bonds. The zero-order chi connectivity index (χ0) is 22.0. The first-order valence-electron chi connectivity index (χ1n) is 9.44. The van der Waals surface area contributed by atoms with Crippen LogP contribution in [0.5, 0.6) is 17.2 Å². The van der Waals surface area contributed by atoms with E-state index in [4.69, 9.17) is 18.6 Å². The number of aromatic nitrogens is 1. The second-order valence-electron chi connectivity index (χ2n) is 6.74. The monoisotopic (exact) mass is 417 g/mol. The van der Waals surface area contributed by atoms with Gasteiger partial charge in [0.1, 0.15) is 11.3 Å². The van der Waals surface area contributed by atoms with E-state index in [9.17, 15) is 9.59 Å². The summed E-state index contributed by atoms with van der Waals surface area (Å²) in [6.45, 7) is 1.84. The second-order valence-corrected chi connectivity index (χ2v) is 6.74. The van der Waals surface area contributed by atoms with Gasteiger partial charge in [0.25, 0.3) is 0 Å². The summed E-state index contributed by atoms with van der Waals surface area (Å²) in [5.74, 6) is 0.825. The number of esters is 1. The molecule has 0 aliphatic rings. The lowest BCUT2D eigenvalue weighted by molar-refractivity contribution is 0.0735. The first kappa shape index (κ1) is 20.2. The highest BCUT2D eigenvalue weighted by Gasteiger charge is 2.17. The maximum Gasteiger partial charge on any atom is 0.344 e. The number of pyridine rings is 1. The van der Waals surface area contributed by atoms with E-state index >= 15 is 0 Å². The average Bonchev–Trinajstić information content (AvgIpc) is 2.79. The molecule has 0 saturated heterocycles. The molecule has 0 fully saturated rings. The molecule has 0 saturated carbocycles. The third-order valence-electron chi connectivity index (χ3n) is 4.94. The van der Waals surface area contributed by atoms with E-state index in [-0.39, 0.29) is 5.75 Å². The molecule has 0 aliphatic carbocycles.